The minimum Gasteiger partial charge on any atom is -0.494 e. The Labute approximate surface area is 199 Å². The molecule has 10 heteroatoms. The molecule has 2 N–H and O–H groups in total. The molecule has 0 aliphatic carbocycles. The van der Waals surface area contributed by atoms with Gasteiger partial charge in [-0.25, -0.2) is 13.1 Å². The summed E-state index contributed by atoms with van der Waals surface area (Å²) in [5.74, 6) is 1.71. The Hall–Kier alpha value is -3.37. The van der Waals surface area contributed by atoms with E-state index in [4.69, 9.17) is 9.47 Å². The van der Waals surface area contributed by atoms with Crippen molar-refractivity contribution in [2.45, 2.75) is 51.1 Å². The highest BCUT2D eigenvalue weighted by molar-refractivity contribution is 7.89. The van der Waals surface area contributed by atoms with Gasteiger partial charge in [0.25, 0.3) is 0 Å². The van der Waals surface area contributed by atoms with E-state index in [2.05, 4.69) is 26.8 Å². The number of hydrogen-bond donors (Lipinski definition) is 2. The molecule has 2 aromatic carbocycles. The summed E-state index contributed by atoms with van der Waals surface area (Å²) in [6.07, 6.45) is 3.84. The largest absolute Gasteiger partial charge is 0.494 e. The van der Waals surface area contributed by atoms with Crippen molar-refractivity contribution >= 4 is 20.9 Å². The number of ether oxygens (including phenoxy) is 2. The number of nitrogens with one attached hydrogen (secondary N) is 2. The predicted octanol–water partition coefficient (Wildman–Crippen LogP) is 4.79. The Balaban J connectivity index is 1.48. The summed E-state index contributed by atoms with van der Waals surface area (Å²) < 4.78 is 41.9. The van der Waals surface area contributed by atoms with Crippen LogP contribution in [0, 0.1) is 0 Å². The highest BCUT2D eigenvalue weighted by Crippen LogP contribution is 2.26. The third kappa shape index (κ3) is 5.23. The second-order valence-electron chi connectivity index (χ2n) is 7.93. The summed E-state index contributed by atoms with van der Waals surface area (Å²) in [7, 11) is -3.77. The van der Waals surface area contributed by atoms with Crippen molar-refractivity contribution in [3.63, 3.8) is 0 Å². The van der Waals surface area contributed by atoms with Gasteiger partial charge in [-0.15, -0.1) is 5.10 Å². The second-order valence-corrected chi connectivity index (χ2v) is 9.64. The zero-order valence-corrected chi connectivity index (χ0v) is 20.3. The van der Waals surface area contributed by atoms with Gasteiger partial charge in [-0.2, -0.15) is 0 Å². The van der Waals surface area contributed by atoms with Crippen molar-refractivity contribution in [2.75, 3.05) is 6.61 Å². The van der Waals surface area contributed by atoms with E-state index in [-0.39, 0.29) is 4.90 Å². The average Bonchev–Trinajstić information content (AvgIpc) is 3.45. The molecule has 0 spiro atoms. The van der Waals surface area contributed by atoms with Crippen LogP contribution in [0.4, 0.5) is 0 Å². The number of rotatable bonds is 11. The van der Waals surface area contributed by atoms with Crippen LogP contribution in [-0.2, 0) is 16.6 Å². The van der Waals surface area contributed by atoms with E-state index in [0.29, 0.717) is 36.5 Å². The standard InChI is InChI=1S/C24H29N5O4S/c1-4-6-15-32-19-9-11-21(12-10-19)34(30,31)28-17(3)23-26-27-24(29(23)5-2)33-20-8-7-18-13-14-25-22(18)16-20/h7-14,16-17,25,28H,4-6,15H2,1-3H3/t17-/m1/s1. The van der Waals surface area contributed by atoms with Crippen LogP contribution >= 0.6 is 0 Å². The van der Waals surface area contributed by atoms with Crippen molar-refractivity contribution in [3.05, 3.63) is 60.6 Å². The van der Waals surface area contributed by atoms with Gasteiger partial charge in [0, 0.05) is 24.3 Å². The lowest BCUT2D eigenvalue weighted by molar-refractivity contribution is 0.309. The first-order valence-corrected chi connectivity index (χ1v) is 12.8. The summed E-state index contributed by atoms with van der Waals surface area (Å²) >= 11 is 0. The zero-order valence-electron chi connectivity index (χ0n) is 19.5. The first-order chi connectivity index (χ1) is 16.4. The first-order valence-electron chi connectivity index (χ1n) is 11.3. The van der Waals surface area contributed by atoms with E-state index >= 15 is 0 Å². The van der Waals surface area contributed by atoms with Crippen LogP contribution in [0.3, 0.4) is 0 Å². The summed E-state index contributed by atoms with van der Waals surface area (Å²) in [6.45, 7) is 6.85. The lowest BCUT2D eigenvalue weighted by Crippen LogP contribution is -2.29. The molecule has 0 saturated heterocycles. The van der Waals surface area contributed by atoms with Gasteiger partial charge in [-0.1, -0.05) is 18.4 Å². The van der Waals surface area contributed by atoms with E-state index in [0.717, 1.165) is 23.7 Å². The van der Waals surface area contributed by atoms with Crippen molar-refractivity contribution in [1.82, 2.24) is 24.5 Å². The van der Waals surface area contributed by atoms with Gasteiger partial charge >= 0.3 is 6.01 Å². The van der Waals surface area contributed by atoms with Crippen LogP contribution in [0.2, 0.25) is 0 Å². The van der Waals surface area contributed by atoms with Crippen molar-refractivity contribution in [1.29, 1.82) is 0 Å². The maximum absolute atomic E-state index is 12.9. The number of nitrogens with zero attached hydrogens (tertiary/aromatic N) is 3. The number of aromatic amines is 1. The number of benzene rings is 2. The maximum atomic E-state index is 12.9. The minimum absolute atomic E-state index is 0.153. The molecular weight excluding hydrogens is 454 g/mol. The number of aromatic nitrogens is 4. The number of H-pyrrole nitrogens is 1. The molecule has 0 aliphatic rings. The third-order valence-electron chi connectivity index (χ3n) is 5.42. The molecule has 180 valence electrons. The van der Waals surface area contributed by atoms with Gasteiger partial charge in [0.2, 0.25) is 10.0 Å². The summed E-state index contributed by atoms with van der Waals surface area (Å²) in [6, 6.07) is 13.7. The molecule has 34 heavy (non-hydrogen) atoms. The Morgan fingerprint density at radius 1 is 1.06 bits per heavy atom. The van der Waals surface area contributed by atoms with Crippen LogP contribution in [0.1, 0.15) is 45.5 Å². The molecule has 9 nitrogen and oxygen atoms in total. The van der Waals surface area contributed by atoms with Crippen LogP contribution in [0.25, 0.3) is 10.9 Å². The quantitative estimate of drug-likeness (QED) is 0.297. The van der Waals surface area contributed by atoms with E-state index in [9.17, 15) is 8.42 Å². The minimum atomic E-state index is -3.77. The Kier molecular flexibility index (Phi) is 7.18. The lowest BCUT2D eigenvalue weighted by atomic mass is 10.2. The maximum Gasteiger partial charge on any atom is 0.322 e. The van der Waals surface area contributed by atoms with Gasteiger partial charge in [0.15, 0.2) is 5.82 Å². The van der Waals surface area contributed by atoms with Crippen LogP contribution in [0.5, 0.6) is 17.5 Å². The predicted molar refractivity (Wildman–Crippen MR) is 130 cm³/mol. The molecule has 2 heterocycles. The molecule has 0 bridgehead atoms. The molecule has 0 aliphatic heterocycles. The zero-order chi connectivity index (χ0) is 24.1. The van der Waals surface area contributed by atoms with Gasteiger partial charge in [-0.05, 0) is 68.1 Å². The average molecular weight is 484 g/mol. The van der Waals surface area contributed by atoms with Crippen molar-refractivity contribution in [2.24, 2.45) is 0 Å². The topological polar surface area (TPSA) is 111 Å². The van der Waals surface area contributed by atoms with E-state index in [1.807, 2.05) is 37.4 Å². The number of hydrogen-bond acceptors (Lipinski definition) is 6. The molecular formula is C24H29N5O4S. The lowest BCUT2D eigenvalue weighted by Gasteiger charge is -2.15. The SMILES string of the molecule is CCCCOc1ccc(S(=O)(=O)N[C@H](C)c2nnc(Oc3ccc4cc[nH]c4c3)n2CC)cc1. The van der Waals surface area contributed by atoms with Crippen LogP contribution < -0.4 is 14.2 Å². The molecule has 0 amide bonds. The van der Waals surface area contributed by atoms with Gasteiger partial charge in [-0.3, -0.25) is 4.57 Å². The molecule has 1 atom stereocenters. The number of unbranched alkanes of at least 4 members (excludes halogenated alkanes) is 1. The molecule has 0 saturated carbocycles. The van der Waals surface area contributed by atoms with E-state index in [1.165, 1.54) is 12.1 Å². The third-order valence-corrected chi connectivity index (χ3v) is 6.97. The van der Waals surface area contributed by atoms with E-state index < -0.39 is 16.1 Å². The Bertz CT molecular complexity index is 1350. The fraction of sp³-hybridized carbons (Fsp3) is 0.333. The summed E-state index contributed by atoms with van der Waals surface area (Å²) in [5.41, 5.74) is 0.947. The van der Waals surface area contributed by atoms with Crippen LogP contribution in [-0.4, -0.2) is 34.8 Å². The normalized spacial score (nSPS) is 12.7. The van der Waals surface area contributed by atoms with Gasteiger partial charge in [0.05, 0.1) is 17.5 Å². The van der Waals surface area contributed by atoms with Gasteiger partial charge < -0.3 is 14.5 Å². The monoisotopic (exact) mass is 483 g/mol. The smallest absolute Gasteiger partial charge is 0.322 e. The number of sulfonamides is 1. The second kappa shape index (κ2) is 10.3. The molecule has 4 rings (SSSR count). The van der Waals surface area contributed by atoms with Crippen molar-refractivity contribution in [3.8, 4) is 17.5 Å². The summed E-state index contributed by atoms with van der Waals surface area (Å²) in [5, 5.41) is 9.43. The molecule has 4 aromatic rings. The van der Waals surface area contributed by atoms with Crippen molar-refractivity contribution < 1.29 is 17.9 Å². The Morgan fingerprint density at radius 3 is 2.56 bits per heavy atom. The molecule has 0 radical (unpaired) electrons. The highest BCUT2D eigenvalue weighted by Gasteiger charge is 2.24. The molecule has 2 aromatic heterocycles. The first kappa shape index (κ1) is 23.8. The molecule has 0 unspecified atom stereocenters. The Morgan fingerprint density at radius 2 is 1.82 bits per heavy atom. The van der Waals surface area contributed by atoms with E-state index in [1.54, 1.807) is 23.6 Å². The van der Waals surface area contributed by atoms with Crippen LogP contribution in [0.15, 0.2) is 59.6 Å². The highest BCUT2D eigenvalue weighted by atomic mass is 32.2. The summed E-state index contributed by atoms with van der Waals surface area (Å²) in [4.78, 5) is 3.30. The van der Waals surface area contributed by atoms with Gasteiger partial charge in [0.1, 0.15) is 11.5 Å². The molecule has 0 fully saturated rings. The fourth-order valence-corrected chi connectivity index (χ4v) is 4.79. The fourth-order valence-electron chi connectivity index (χ4n) is 3.59. The number of fused-ring (bicyclic) bond motifs is 1.